The van der Waals surface area contributed by atoms with Crippen LogP contribution in [0.5, 0.6) is 0 Å². The molecule has 67 heavy (non-hydrogen) atoms. The summed E-state index contributed by atoms with van der Waals surface area (Å²) in [5.74, 6) is -2.42. The van der Waals surface area contributed by atoms with Gasteiger partial charge in [-0.05, 0) is 89.9 Å². The van der Waals surface area contributed by atoms with Crippen LogP contribution in [0.1, 0.15) is 181 Å². The summed E-state index contributed by atoms with van der Waals surface area (Å²) < 4.78 is 22.5. The highest BCUT2D eigenvalue weighted by Crippen LogP contribution is 2.13. The number of ether oxygens (including phenoxy) is 4. The van der Waals surface area contributed by atoms with Crippen LogP contribution in [0.15, 0.2) is 109 Å². The Kier molecular flexibility index (Phi) is 45.5. The van der Waals surface area contributed by atoms with E-state index in [1.807, 2.05) is 33.3 Å². The molecule has 0 saturated carbocycles. The summed E-state index contributed by atoms with van der Waals surface area (Å²) in [4.78, 5) is 37.1. The Bertz CT molecular complexity index is 1460. The summed E-state index contributed by atoms with van der Waals surface area (Å²) in [5, 5.41) is 11.7. The first-order chi connectivity index (χ1) is 32.6. The fourth-order valence-corrected chi connectivity index (χ4v) is 6.51. The van der Waals surface area contributed by atoms with Gasteiger partial charge in [0, 0.05) is 12.8 Å². The minimum absolute atomic E-state index is 0.114. The average Bonchev–Trinajstić information content (AvgIpc) is 3.29. The Morgan fingerprint density at radius 1 is 0.463 bits per heavy atom. The molecule has 0 spiro atoms. The lowest BCUT2D eigenvalue weighted by atomic mass is 10.1. The minimum atomic E-state index is -1.65. The number of carbonyl (C=O) groups excluding carboxylic acids is 3. The van der Waals surface area contributed by atoms with Gasteiger partial charge in [0.05, 0.1) is 40.3 Å². The van der Waals surface area contributed by atoms with E-state index in [1.54, 1.807) is 0 Å². The molecule has 0 saturated heterocycles. The Morgan fingerprint density at radius 2 is 0.881 bits per heavy atom. The molecular formula is C58H95NO8. The van der Waals surface area contributed by atoms with E-state index >= 15 is 0 Å². The number of quaternary nitrogens is 1. The number of allylic oxidation sites excluding steroid dienone is 18. The van der Waals surface area contributed by atoms with Crippen molar-refractivity contribution in [3.8, 4) is 0 Å². The molecule has 9 heteroatoms. The molecule has 0 aliphatic carbocycles. The molecule has 9 nitrogen and oxygen atoms in total. The maximum absolute atomic E-state index is 12.8. The Labute approximate surface area is 409 Å². The van der Waals surface area contributed by atoms with Crippen molar-refractivity contribution in [2.24, 2.45) is 0 Å². The molecular weight excluding hydrogens is 839 g/mol. The molecule has 0 aromatic rings. The maximum Gasteiger partial charge on any atom is 0.306 e. The number of carboxylic acid groups (broad SMARTS) is 1. The first kappa shape index (κ1) is 63.0. The molecule has 2 unspecified atom stereocenters. The number of likely N-dealkylation sites (N-methyl/N-ethyl adjacent to an activating group) is 1. The second-order valence-electron chi connectivity index (χ2n) is 18.1. The van der Waals surface area contributed by atoms with Gasteiger partial charge in [-0.3, -0.25) is 9.59 Å². The summed E-state index contributed by atoms with van der Waals surface area (Å²) in [6.07, 6.45) is 62.8. The van der Waals surface area contributed by atoms with Crippen LogP contribution >= 0.6 is 0 Å². The molecule has 0 heterocycles. The smallest absolute Gasteiger partial charge is 0.306 e. The molecule has 0 fully saturated rings. The van der Waals surface area contributed by atoms with Gasteiger partial charge >= 0.3 is 11.9 Å². The summed E-state index contributed by atoms with van der Waals surface area (Å²) in [5.41, 5.74) is 0. The van der Waals surface area contributed by atoms with Gasteiger partial charge in [0.2, 0.25) is 0 Å². The topological polar surface area (TPSA) is 111 Å². The molecule has 380 valence electrons. The lowest BCUT2D eigenvalue weighted by molar-refractivity contribution is -0.870. The van der Waals surface area contributed by atoms with Gasteiger partial charge in [0.1, 0.15) is 13.2 Å². The normalized spacial score (nSPS) is 13.7. The van der Waals surface area contributed by atoms with Crippen molar-refractivity contribution in [3.63, 3.8) is 0 Å². The van der Waals surface area contributed by atoms with Gasteiger partial charge < -0.3 is 33.3 Å². The van der Waals surface area contributed by atoms with Crippen LogP contribution in [0.25, 0.3) is 0 Å². The van der Waals surface area contributed by atoms with Gasteiger partial charge in [0.25, 0.3) is 0 Å². The first-order valence-electron chi connectivity index (χ1n) is 26.0. The molecule has 0 aliphatic heterocycles. The number of carboxylic acids is 1. The molecule has 0 aromatic carbocycles. The van der Waals surface area contributed by atoms with Crippen molar-refractivity contribution in [2.75, 3.05) is 47.5 Å². The largest absolute Gasteiger partial charge is 0.545 e. The van der Waals surface area contributed by atoms with Crippen molar-refractivity contribution in [1.82, 2.24) is 0 Å². The molecule has 0 N–H and O–H groups in total. The van der Waals surface area contributed by atoms with Crippen molar-refractivity contribution in [3.05, 3.63) is 109 Å². The lowest BCUT2D eigenvalue weighted by Gasteiger charge is -2.26. The molecule has 0 radical (unpaired) electrons. The third-order valence-electron chi connectivity index (χ3n) is 10.5. The third-order valence-corrected chi connectivity index (χ3v) is 10.5. The average molecular weight is 934 g/mol. The van der Waals surface area contributed by atoms with Gasteiger partial charge in [-0.15, -0.1) is 0 Å². The number of nitrogens with zero attached hydrogens (tertiary/aromatic N) is 1. The van der Waals surface area contributed by atoms with Crippen LogP contribution < -0.4 is 5.11 Å². The SMILES string of the molecule is CC/C=C\C/C=C\C/C=C\C/C=C\C/C=C\C/C=C\CCC(=O)OC(COC(=O)CCCCCCCCCC/C=C\C/C=C\C/C=C\CCCCCCC)COC(OCC[N+](C)(C)C)C(=O)[O-]. The summed E-state index contributed by atoms with van der Waals surface area (Å²) in [7, 11) is 5.88. The highest BCUT2D eigenvalue weighted by atomic mass is 16.7. The molecule has 2 atom stereocenters. The van der Waals surface area contributed by atoms with Crippen molar-refractivity contribution >= 4 is 17.9 Å². The summed E-state index contributed by atoms with van der Waals surface area (Å²) in [6.45, 7) is 4.50. The molecule has 0 rings (SSSR count). The number of unbranched alkanes of at least 4 members (excludes halogenated alkanes) is 13. The van der Waals surface area contributed by atoms with Crippen molar-refractivity contribution in [2.45, 2.75) is 193 Å². The van der Waals surface area contributed by atoms with Gasteiger partial charge in [-0.2, -0.15) is 0 Å². The predicted octanol–water partition coefficient (Wildman–Crippen LogP) is 13.4. The zero-order valence-electron chi connectivity index (χ0n) is 43.0. The van der Waals surface area contributed by atoms with Gasteiger partial charge in [-0.25, -0.2) is 0 Å². The number of hydrogen-bond acceptors (Lipinski definition) is 8. The van der Waals surface area contributed by atoms with Crippen LogP contribution in [0, 0.1) is 0 Å². The monoisotopic (exact) mass is 934 g/mol. The Balaban J connectivity index is 4.47. The highest BCUT2D eigenvalue weighted by molar-refractivity contribution is 5.70. The standard InChI is InChI=1S/C58H95NO8/c1-6-8-10-12-14-16-18-20-22-24-26-27-28-29-31-32-34-36-38-40-42-44-46-48-55(60)65-52-54(53-66-58(57(62)63)64-51-50-59(3,4)5)67-56(61)49-47-45-43-41-39-37-35-33-30-25-23-21-19-17-15-13-11-9-7-2/h9,11,15,17-18,20-21,23-24,26,28-30,33,37,39,43,45,54,58H,6-8,10,12-14,16,19,22,25,27,31-32,34-36,38,40-42,44,46-53H2,1-5H3/b11-9-,17-15-,20-18-,23-21-,26-24-,29-28-,33-30-,39-37-,45-43-. The fraction of sp³-hybridized carbons (Fsp3) is 0.638. The van der Waals surface area contributed by atoms with E-state index in [-0.39, 0.29) is 32.7 Å². The summed E-state index contributed by atoms with van der Waals surface area (Å²) in [6, 6.07) is 0. The fourth-order valence-electron chi connectivity index (χ4n) is 6.51. The quantitative estimate of drug-likeness (QED) is 0.0195. The molecule has 0 amide bonds. The Hall–Kier alpha value is -4.05. The second-order valence-corrected chi connectivity index (χ2v) is 18.1. The zero-order chi connectivity index (χ0) is 49.2. The van der Waals surface area contributed by atoms with E-state index in [0.717, 1.165) is 77.0 Å². The predicted molar refractivity (Wildman–Crippen MR) is 278 cm³/mol. The van der Waals surface area contributed by atoms with E-state index in [1.165, 1.54) is 64.2 Å². The highest BCUT2D eigenvalue weighted by Gasteiger charge is 2.21. The van der Waals surface area contributed by atoms with Crippen LogP contribution in [-0.4, -0.2) is 82.3 Å². The van der Waals surface area contributed by atoms with Crippen molar-refractivity contribution < 1.29 is 42.9 Å². The number of aliphatic carboxylic acids is 1. The van der Waals surface area contributed by atoms with E-state index < -0.39 is 30.3 Å². The molecule has 0 aliphatic rings. The van der Waals surface area contributed by atoms with E-state index in [9.17, 15) is 19.5 Å². The van der Waals surface area contributed by atoms with E-state index in [2.05, 4.69) is 111 Å². The maximum atomic E-state index is 12.8. The van der Waals surface area contributed by atoms with Gasteiger partial charge in [-0.1, -0.05) is 187 Å². The van der Waals surface area contributed by atoms with Crippen LogP contribution in [0.4, 0.5) is 0 Å². The third kappa shape index (κ3) is 49.7. The lowest BCUT2D eigenvalue weighted by Crippen LogP contribution is -2.44. The van der Waals surface area contributed by atoms with E-state index in [4.69, 9.17) is 18.9 Å². The number of hydrogen-bond donors (Lipinski definition) is 0. The summed E-state index contributed by atoms with van der Waals surface area (Å²) >= 11 is 0. The number of rotatable bonds is 46. The minimum Gasteiger partial charge on any atom is -0.545 e. The number of esters is 2. The van der Waals surface area contributed by atoms with Gasteiger partial charge in [0.15, 0.2) is 12.4 Å². The first-order valence-corrected chi connectivity index (χ1v) is 26.0. The second kappa shape index (κ2) is 48.4. The van der Waals surface area contributed by atoms with E-state index in [0.29, 0.717) is 23.9 Å². The van der Waals surface area contributed by atoms with Crippen molar-refractivity contribution in [1.29, 1.82) is 0 Å². The molecule has 0 aromatic heterocycles. The zero-order valence-corrected chi connectivity index (χ0v) is 43.0. The van der Waals surface area contributed by atoms with Crippen LogP contribution in [0.2, 0.25) is 0 Å². The Morgan fingerprint density at radius 3 is 1.33 bits per heavy atom. The number of carbonyl (C=O) groups is 3. The van der Waals surface area contributed by atoms with Crippen LogP contribution in [0.3, 0.4) is 0 Å². The van der Waals surface area contributed by atoms with Crippen LogP contribution in [-0.2, 0) is 33.3 Å². The molecule has 0 bridgehead atoms.